The van der Waals surface area contributed by atoms with Crippen LogP contribution in [0.1, 0.15) is 6.92 Å². The lowest BCUT2D eigenvalue weighted by atomic mass is 9.72. The van der Waals surface area contributed by atoms with Crippen LogP contribution in [0.15, 0.2) is 0 Å². The largest absolute Gasteiger partial charge is 0.394 e. The van der Waals surface area contributed by atoms with E-state index < -0.39 is 55.6 Å². The van der Waals surface area contributed by atoms with Crippen LogP contribution >= 0.6 is 0 Å². The summed E-state index contributed by atoms with van der Waals surface area (Å²) in [6, 6.07) is -0.297. The van der Waals surface area contributed by atoms with Crippen molar-refractivity contribution in [3.8, 4) is 0 Å². The van der Waals surface area contributed by atoms with Crippen LogP contribution in [0.2, 0.25) is 0 Å². The average Bonchev–Trinajstić information content (AvgIpc) is 2.76. The summed E-state index contributed by atoms with van der Waals surface area (Å²) in [4.78, 5) is 0. The fourth-order valence-electron chi connectivity index (χ4n) is 3.44. The number of ether oxygens (including phenoxy) is 3. The summed E-state index contributed by atoms with van der Waals surface area (Å²) in [7, 11) is 0. The van der Waals surface area contributed by atoms with Crippen molar-refractivity contribution in [3.63, 3.8) is 0 Å². The Kier molecular flexibility index (Phi) is 4.45. The molecule has 3 fully saturated rings. The van der Waals surface area contributed by atoms with E-state index in [2.05, 4.69) is 0 Å². The highest BCUT2D eigenvalue weighted by molar-refractivity contribution is 5.10. The Hall–Kier alpha value is -0.360. The van der Waals surface area contributed by atoms with Crippen molar-refractivity contribution in [2.45, 2.75) is 68.1 Å². The van der Waals surface area contributed by atoms with Gasteiger partial charge in [0.15, 0.2) is 6.29 Å². The summed E-state index contributed by atoms with van der Waals surface area (Å²) in [5, 5.41) is 48.6. The van der Waals surface area contributed by atoms with Gasteiger partial charge >= 0.3 is 0 Å². The van der Waals surface area contributed by atoms with E-state index in [4.69, 9.17) is 25.1 Å². The number of nitrogens with two attached hydrogens (primary N) is 1. The molecule has 22 heavy (non-hydrogen) atoms. The SMILES string of the molecule is CC1OC2C(OC3OC(CO)C(O)C(O)C3O)C(O)C2C1N. The van der Waals surface area contributed by atoms with E-state index in [-0.39, 0.29) is 18.1 Å². The molecule has 2 aliphatic heterocycles. The van der Waals surface area contributed by atoms with Gasteiger partial charge in [-0.2, -0.15) is 0 Å². The Morgan fingerprint density at radius 2 is 1.68 bits per heavy atom. The first-order chi connectivity index (χ1) is 10.4. The van der Waals surface area contributed by atoms with Gasteiger partial charge < -0.3 is 45.5 Å². The van der Waals surface area contributed by atoms with Gasteiger partial charge in [0.2, 0.25) is 0 Å². The molecule has 0 bridgehead atoms. The second-order valence-corrected chi connectivity index (χ2v) is 6.25. The lowest BCUT2D eigenvalue weighted by Gasteiger charge is -2.48. The minimum atomic E-state index is -1.52. The molecule has 7 N–H and O–H groups in total. The number of fused-ring (bicyclic) bond motifs is 1. The highest BCUT2D eigenvalue weighted by Crippen LogP contribution is 2.44. The predicted molar refractivity (Wildman–Crippen MR) is 70.4 cm³/mol. The molecule has 9 heteroatoms. The maximum Gasteiger partial charge on any atom is 0.187 e. The zero-order valence-corrected chi connectivity index (χ0v) is 12.1. The normalized spacial score (nSPS) is 58.2. The molecule has 0 aromatic heterocycles. The smallest absolute Gasteiger partial charge is 0.187 e. The summed E-state index contributed by atoms with van der Waals surface area (Å²) in [5.41, 5.74) is 5.93. The third kappa shape index (κ3) is 2.37. The van der Waals surface area contributed by atoms with Gasteiger partial charge in [-0.1, -0.05) is 0 Å². The van der Waals surface area contributed by atoms with Crippen molar-refractivity contribution >= 4 is 0 Å². The minimum absolute atomic E-state index is 0.215. The minimum Gasteiger partial charge on any atom is -0.394 e. The fourth-order valence-corrected chi connectivity index (χ4v) is 3.44. The number of aliphatic hydroxyl groups is 5. The Labute approximate surface area is 127 Å². The van der Waals surface area contributed by atoms with Gasteiger partial charge in [0.25, 0.3) is 0 Å². The second-order valence-electron chi connectivity index (χ2n) is 6.25. The van der Waals surface area contributed by atoms with E-state index in [9.17, 15) is 20.4 Å². The van der Waals surface area contributed by atoms with E-state index in [1.165, 1.54) is 0 Å². The highest BCUT2D eigenvalue weighted by atomic mass is 16.7. The van der Waals surface area contributed by atoms with Crippen LogP contribution in [0.5, 0.6) is 0 Å². The van der Waals surface area contributed by atoms with Gasteiger partial charge in [-0.3, -0.25) is 0 Å². The van der Waals surface area contributed by atoms with E-state index in [0.717, 1.165) is 0 Å². The van der Waals surface area contributed by atoms with Gasteiger partial charge in [0.1, 0.15) is 30.5 Å². The third-order valence-corrected chi connectivity index (χ3v) is 4.93. The maximum atomic E-state index is 10.1. The maximum absolute atomic E-state index is 10.1. The van der Waals surface area contributed by atoms with Gasteiger partial charge in [-0.15, -0.1) is 0 Å². The van der Waals surface area contributed by atoms with E-state index >= 15 is 0 Å². The van der Waals surface area contributed by atoms with Crippen molar-refractivity contribution in [2.75, 3.05) is 6.61 Å². The van der Waals surface area contributed by atoms with Crippen LogP contribution in [0, 0.1) is 5.92 Å². The Bertz CT molecular complexity index is 410. The molecular formula is C13H23NO8. The quantitative estimate of drug-likeness (QED) is 0.308. The zero-order chi connectivity index (χ0) is 16.2. The molecule has 3 rings (SSSR count). The Balaban J connectivity index is 1.66. The van der Waals surface area contributed by atoms with Crippen molar-refractivity contribution < 1.29 is 39.7 Å². The molecule has 0 radical (unpaired) electrons. The van der Waals surface area contributed by atoms with E-state index in [0.29, 0.717) is 0 Å². The molecule has 0 aromatic carbocycles. The van der Waals surface area contributed by atoms with E-state index in [1.54, 1.807) is 6.92 Å². The van der Waals surface area contributed by atoms with Crippen LogP contribution in [-0.4, -0.2) is 93.3 Å². The molecule has 0 amide bonds. The van der Waals surface area contributed by atoms with Crippen LogP contribution in [-0.2, 0) is 14.2 Å². The molecule has 1 aliphatic carbocycles. The van der Waals surface area contributed by atoms with Crippen molar-refractivity contribution in [3.05, 3.63) is 0 Å². The van der Waals surface area contributed by atoms with Gasteiger partial charge in [-0.25, -0.2) is 0 Å². The molecule has 128 valence electrons. The molecule has 2 heterocycles. The molecule has 11 atom stereocenters. The number of hydrogen-bond acceptors (Lipinski definition) is 9. The topological polar surface area (TPSA) is 155 Å². The summed E-state index contributed by atoms with van der Waals surface area (Å²) in [6.45, 7) is 1.27. The van der Waals surface area contributed by atoms with Crippen molar-refractivity contribution in [1.29, 1.82) is 0 Å². The fraction of sp³-hybridized carbons (Fsp3) is 1.00. The first-order valence-corrected chi connectivity index (χ1v) is 7.42. The molecule has 2 saturated heterocycles. The van der Waals surface area contributed by atoms with Gasteiger partial charge in [-0.05, 0) is 6.92 Å². The molecule has 0 aromatic rings. The number of rotatable bonds is 3. The van der Waals surface area contributed by atoms with Crippen LogP contribution in [0.25, 0.3) is 0 Å². The first kappa shape index (κ1) is 16.5. The molecule has 1 saturated carbocycles. The Morgan fingerprint density at radius 1 is 1.00 bits per heavy atom. The lowest BCUT2D eigenvalue weighted by molar-refractivity contribution is -0.341. The number of hydrogen-bond donors (Lipinski definition) is 6. The Morgan fingerprint density at radius 3 is 2.32 bits per heavy atom. The summed E-state index contributed by atoms with van der Waals surface area (Å²) in [5.74, 6) is -0.245. The van der Waals surface area contributed by atoms with Crippen LogP contribution in [0.3, 0.4) is 0 Å². The van der Waals surface area contributed by atoms with E-state index in [1.807, 2.05) is 0 Å². The summed E-state index contributed by atoms with van der Waals surface area (Å²) < 4.78 is 16.4. The standard InChI is InChI=1S/C13H23NO8/c1-3-6(14)5-8(17)12(11(5)20-3)22-13-10(19)9(18)7(16)4(2-15)21-13/h3-13,15-19H,2,14H2,1H3. The van der Waals surface area contributed by atoms with Gasteiger partial charge in [0.05, 0.1) is 24.9 Å². The van der Waals surface area contributed by atoms with Crippen LogP contribution in [0.4, 0.5) is 0 Å². The average molecular weight is 321 g/mol. The van der Waals surface area contributed by atoms with Crippen molar-refractivity contribution in [1.82, 2.24) is 0 Å². The monoisotopic (exact) mass is 321 g/mol. The summed E-state index contributed by atoms with van der Waals surface area (Å²) >= 11 is 0. The second kappa shape index (κ2) is 5.93. The molecular weight excluding hydrogens is 298 g/mol. The molecule has 11 unspecified atom stereocenters. The predicted octanol–water partition coefficient (Wildman–Crippen LogP) is -3.72. The third-order valence-electron chi connectivity index (χ3n) is 4.93. The zero-order valence-electron chi connectivity index (χ0n) is 12.1. The summed E-state index contributed by atoms with van der Waals surface area (Å²) in [6.07, 6.45) is -9.05. The number of aliphatic hydroxyl groups excluding tert-OH is 5. The highest BCUT2D eigenvalue weighted by Gasteiger charge is 2.61. The molecule has 3 aliphatic rings. The van der Waals surface area contributed by atoms with Crippen LogP contribution < -0.4 is 5.73 Å². The lowest BCUT2D eigenvalue weighted by Crippen LogP contribution is -2.66. The van der Waals surface area contributed by atoms with Crippen molar-refractivity contribution in [2.24, 2.45) is 11.7 Å². The molecule has 9 nitrogen and oxygen atoms in total. The molecule has 0 spiro atoms. The van der Waals surface area contributed by atoms with Gasteiger partial charge in [0, 0.05) is 12.0 Å². The first-order valence-electron chi connectivity index (χ1n) is 7.42.